The van der Waals surface area contributed by atoms with Gasteiger partial charge in [0, 0.05) is 19.5 Å². The largest absolute Gasteiger partial charge is 0.368 e. The molecule has 0 aliphatic carbocycles. The van der Waals surface area contributed by atoms with Crippen LogP contribution in [0.1, 0.15) is 45.9 Å². The zero-order valence-electron chi connectivity index (χ0n) is 11.1. The molecule has 96 valence electrons. The summed E-state index contributed by atoms with van der Waals surface area (Å²) in [6, 6.07) is 0. The molecule has 0 aromatic carbocycles. The van der Waals surface area contributed by atoms with E-state index in [9.17, 15) is 0 Å². The maximum Gasteiger partial charge on any atom is 0.230 e. The highest BCUT2D eigenvalue weighted by atomic mass is 15.3. The second-order valence-electron chi connectivity index (χ2n) is 4.15. The molecule has 0 radical (unpaired) electrons. The van der Waals surface area contributed by atoms with Crippen LogP contribution in [0.4, 0.5) is 11.9 Å². The van der Waals surface area contributed by atoms with Crippen molar-refractivity contribution < 1.29 is 0 Å². The minimum Gasteiger partial charge on any atom is -0.368 e. The zero-order chi connectivity index (χ0) is 12.7. The molecule has 0 unspecified atom stereocenters. The molecule has 0 amide bonds. The van der Waals surface area contributed by atoms with Crippen LogP contribution in [0.2, 0.25) is 0 Å². The van der Waals surface area contributed by atoms with E-state index >= 15 is 0 Å². The van der Waals surface area contributed by atoms with E-state index in [1.165, 1.54) is 0 Å². The molecule has 0 saturated heterocycles. The van der Waals surface area contributed by atoms with Crippen LogP contribution in [0.5, 0.6) is 0 Å². The lowest BCUT2D eigenvalue weighted by atomic mass is 10.3. The molecule has 1 aromatic heterocycles. The van der Waals surface area contributed by atoms with Gasteiger partial charge in [-0.3, -0.25) is 0 Å². The summed E-state index contributed by atoms with van der Waals surface area (Å²) in [6.07, 6.45) is 4.03. The number of anilines is 2. The van der Waals surface area contributed by atoms with Gasteiger partial charge in [-0.1, -0.05) is 20.8 Å². The van der Waals surface area contributed by atoms with E-state index < -0.39 is 0 Å². The normalized spacial score (nSPS) is 10.5. The molecule has 1 rings (SSSR count). The van der Waals surface area contributed by atoms with Gasteiger partial charge in [0.1, 0.15) is 5.82 Å². The zero-order valence-corrected chi connectivity index (χ0v) is 11.1. The first kappa shape index (κ1) is 13.7. The molecule has 0 spiro atoms. The van der Waals surface area contributed by atoms with E-state index in [2.05, 4.69) is 40.6 Å². The van der Waals surface area contributed by atoms with Crippen molar-refractivity contribution in [3.8, 4) is 0 Å². The Kier molecular flexibility index (Phi) is 5.66. The average molecular weight is 237 g/mol. The molecule has 1 aromatic rings. The first-order valence-electron chi connectivity index (χ1n) is 6.46. The second-order valence-corrected chi connectivity index (χ2v) is 4.15. The van der Waals surface area contributed by atoms with Gasteiger partial charge in [0.15, 0.2) is 0 Å². The highest BCUT2D eigenvalue weighted by molar-refractivity contribution is 5.34. The lowest BCUT2D eigenvalue weighted by Gasteiger charge is -2.21. The number of hydrogen-bond acceptors (Lipinski definition) is 5. The monoisotopic (exact) mass is 237 g/mol. The molecule has 0 aliphatic rings. The van der Waals surface area contributed by atoms with E-state index in [0.717, 1.165) is 50.5 Å². The summed E-state index contributed by atoms with van der Waals surface area (Å²) >= 11 is 0. The average Bonchev–Trinajstić information content (AvgIpc) is 2.28. The first-order valence-corrected chi connectivity index (χ1v) is 6.46. The van der Waals surface area contributed by atoms with Crippen molar-refractivity contribution >= 4 is 11.9 Å². The summed E-state index contributed by atoms with van der Waals surface area (Å²) in [5.74, 6) is 1.85. The molecular weight excluding hydrogens is 214 g/mol. The summed E-state index contributed by atoms with van der Waals surface area (Å²) in [7, 11) is 0. The first-order chi connectivity index (χ1) is 8.21. The fraction of sp³-hybridized carbons (Fsp3) is 0.750. The Morgan fingerprint density at radius 2 is 1.59 bits per heavy atom. The molecule has 2 N–H and O–H groups in total. The van der Waals surface area contributed by atoms with Crippen LogP contribution in [0.15, 0.2) is 0 Å². The molecule has 0 saturated carbocycles. The van der Waals surface area contributed by atoms with Crippen molar-refractivity contribution in [2.45, 2.75) is 46.5 Å². The molecule has 0 atom stereocenters. The van der Waals surface area contributed by atoms with E-state index in [-0.39, 0.29) is 0 Å². The minimum atomic E-state index is 0.329. The second kappa shape index (κ2) is 7.04. The van der Waals surface area contributed by atoms with Crippen molar-refractivity contribution in [1.82, 2.24) is 15.0 Å². The maximum atomic E-state index is 5.73. The van der Waals surface area contributed by atoms with Crippen LogP contribution in [-0.4, -0.2) is 28.0 Å². The van der Waals surface area contributed by atoms with Gasteiger partial charge < -0.3 is 10.6 Å². The fourth-order valence-electron chi connectivity index (χ4n) is 1.75. The molecular formula is C12H23N5. The van der Waals surface area contributed by atoms with Crippen LogP contribution < -0.4 is 10.6 Å². The van der Waals surface area contributed by atoms with Crippen LogP contribution in [0, 0.1) is 0 Å². The molecule has 0 fully saturated rings. The van der Waals surface area contributed by atoms with Gasteiger partial charge in [0.2, 0.25) is 11.9 Å². The Morgan fingerprint density at radius 3 is 2.12 bits per heavy atom. The molecule has 0 bridgehead atoms. The van der Waals surface area contributed by atoms with Gasteiger partial charge in [-0.15, -0.1) is 0 Å². The number of nitrogens with zero attached hydrogens (tertiary/aromatic N) is 4. The summed E-state index contributed by atoms with van der Waals surface area (Å²) < 4.78 is 0. The Labute approximate surface area is 103 Å². The van der Waals surface area contributed by atoms with Gasteiger partial charge in [-0.25, -0.2) is 0 Å². The van der Waals surface area contributed by atoms with E-state index in [1.54, 1.807) is 0 Å². The summed E-state index contributed by atoms with van der Waals surface area (Å²) in [4.78, 5) is 15.1. The summed E-state index contributed by atoms with van der Waals surface area (Å²) in [5, 5.41) is 0. The fourth-order valence-corrected chi connectivity index (χ4v) is 1.75. The Bertz CT molecular complexity index is 334. The molecule has 5 heteroatoms. The van der Waals surface area contributed by atoms with Crippen LogP contribution in [-0.2, 0) is 6.42 Å². The highest BCUT2D eigenvalue weighted by Gasteiger charge is 2.10. The summed E-state index contributed by atoms with van der Waals surface area (Å²) in [6.45, 7) is 8.33. The van der Waals surface area contributed by atoms with E-state index in [1.807, 2.05) is 0 Å². The predicted octanol–water partition coefficient (Wildman–Crippen LogP) is 2.03. The van der Waals surface area contributed by atoms with Crippen molar-refractivity contribution in [1.29, 1.82) is 0 Å². The van der Waals surface area contributed by atoms with Gasteiger partial charge in [-0.2, -0.15) is 15.0 Å². The summed E-state index contributed by atoms with van der Waals surface area (Å²) in [5.41, 5.74) is 5.73. The minimum absolute atomic E-state index is 0.329. The molecule has 1 heterocycles. The number of aryl methyl sites for hydroxylation is 1. The predicted molar refractivity (Wildman–Crippen MR) is 71.0 cm³/mol. The lowest BCUT2D eigenvalue weighted by Crippen LogP contribution is -2.28. The quantitative estimate of drug-likeness (QED) is 0.786. The SMILES string of the molecule is CCCc1nc(N)nc(N(CCC)CCC)n1. The van der Waals surface area contributed by atoms with E-state index in [0.29, 0.717) is 5.95 Å². The van der Waals surface area contributed by atoms with Crippen LogP contribution in [0.25, 0.3) is 0 Å². The lowest BCUT2D eigenvalue weighted by molar-refractivity contribution is 0.707. The van der Waals surface area contributed by atoms with Gasteiger partial charge in [0.25, 0.3) is 0 Å². The third kappa shape index (κ3) is 4.17. The third-order valence-electron chi connectivity index (χ3n) is 2.43. The maximum absolute atomic E-state index is 5.73. The number of hydrogen-bond donors (Lipinski definition) is 1. The van der Waals surface area contributed by atoms with Gasteiger partial charge in [-0.05, 0) is 19.3 Å². The smallest absolute Gasteiger partial charge is 0.230 e. The molecule has 17 heavy (non-hydrogen) atoms. The highest BCUT2D eigenvalue weighted by Crippen LogP contribution is 2.11. The third-order valence-corrected chi connectivity index (χ3v) is 2.43. The number of nitrogens with two attached hydrogens (primary N) is 1. The van der Waals surface area contributed by atoms with Crippen molar-refractivity contribution in [3.63, 3.8) is 0 Å². The Morgan fingerprint density at radius 1 is 0.941 bits per heavy atom. The number of nitrogen functional groups attached to an aromatic ring is 1. The van der Waals surface area contributed by atoms with Gasteiger partial charge >= 0.3 is 0 Å². The topological polar surface area (TPSA) is 67.9 Å². The Balaban J connectivity index is 2.92. The Hall–Kier alpha value is -1.39. The molecule has 5 nitrogen and oxygen atoms in total. The van der Waals surface area contributed by atoms with Crippen molar-refractivity contribution in [2.24, 2.45) is 0 Å². The number of aromatic nitrogens is 3. The number of rotatable bonds is 7. The standard InChI is InChI=1S/C12H23N5/c1-4-7-10-14-11(13)16-12(15-10)17(8-5-2)9-6-3/h4-9H2,1-3H3,(H2,13,14,15,16). The van der Waals surface area contributed by atoms with Crippen molar-refractivity contribution in [3.05, 3.63) is 5.82 Å². The van der Waals surface area contributed by atoms with Gasteiger partial charge in [0.05, 0.1) is 0 Å². The molecule has 0 aliphatic heterocycles. The van der Waals surface area contributed by atoms with Crippen molar-refractivity contribution in [2.75, 3.05) is 23.7 Å². The van der Waals surface area contributed by atoms with Crippen LogP contribution >= 0.6 is 0 Å². The van der Waals surface area contributed by atoms with E-state index in [4.69, 9.17) is 5.73 Å². The van der Waals surface area contributed by atoms with Crippen LogP contribution in [0.3, 0.4) is 0 Å².